The van der Waals surface area contributed by atoms with Crippen molar-refractivity contribution in [3.63, 3.8) is 0 Å². The number of furan rings is 1. The Hall–Kier alpha value is -1.76. The molecule has 0 radical (unpaired) electrons. The van der Waals surface area contributed by atoms with Crippen molar-refractivity contribution in [1.29, 1.82) is 0 Å². The average Bonchev–Trinajstić information content (AvgIpc) is 3.10. The maximum absolute atomic E-state index is 12.2. The van der Waals surface area contributed by atoms with Gasteiger partial charge in [-0.2, -0.15) is 0 Å². The Balaban J connectivity index is 1.58. The topological polar surface area (TPSA) is 73.0 Å². The third-order valence-electron chi connectivity index (χ3n) is 3.74. The van der Waals surface area contributed by atoms with Crippen LogP contribution >= 0.6 is 11.8 Å². The Morgan fingerprint density at radius 2 is 2.36 bits per heavy atom. The fourth-order valence-electron chi connectivity index (χ4n) is 2.49. The van der Waals surface area contributed by atoms with Gasteiger partial charge >= 0.3 is 0 Å². The van der Waals surface area contributed by atoms with E-state index in [1.807, 2.05) is 19.1 Å². The van der Waals surface area contributed by atoms with Gasteiger partial charge in [0.1, 0.15) is 11.6 Å². The number of nitrogens with zero attached hydrogens (tertiary/aromatic N) is 3. The molecule has 0 aliphatic carbocycles. The number of rotatable bonds is 5. The zero-order valence-corrected chi connectivity index (χ0v) is 13.4. The van der Waals surface area contributed by atoms with Crippen molar-refractivity contribution in [2.24, 2.45) is 0 Å². The highest BCUT2D eigenvalue weighted by molar-refractivity contribution is 8.00. The highest BCUT2D eigenvalue weighted by Gasteiger charge is 2.21. The van der Waals surface area contributed by atoms with Gasteiger partial charge in [0, 0.05) is 13.0 Å². The Kier molecular flexibility index (Phi) is 4.82. The van der Waals surface area contributed by atoms with Gasteiger partial charge in [0.15, 0.2) is 5.16 Å². The van der Waals surface area contributed by atoms with E-state index in [4.69, 9.17) is 4.42 Å². The van der Waals surface area contributed by atoms with Gasteiger partial charge < -0.3 is 14.3 Å². The minimum atomic E-state index is -0.216. The SMILES string of the molecule is CC(Sc1nnc2n1CCCCC2)C(=O)NCc1ccco1. The molecule has 1 amide bonds. The van der Waals surface area contributed by atoms with Crippen LogP contribution in [0.25, 0.3) is 0 Å². The summed E-state index contributed by atoms with van der Waals surface area (Å²) in [4.78, 5) is 12.2. The third-order valence-corrected chi connectivity index (χ3v) is 4.82. The number of carbonyl (C=O) groups excluding carboxylic acids is 1. The van der Waals surface area contributed by atoms with Crippen molar-refractivity contribution < 1.29 is 9.21 Å². The number of aromatic nitrogens is 3. The fourth-order valence-corrected chi connectivity index (χ4v) is 3.41. The predicted molar refractivity (Wildman–Crippen MR) is 83.5 cm³/mol. The summed E-state index contributed by atoms with van der Waals surface area (Å²) in [7, 11) is 0. The van der Waals surface area contributed by atoms with E-state index in [9.17, 15) is 4.79 Å². The van der Waals surface area contributed by atoms with Crippen molar-refractivity contribution in [2.75, 3.05) is 0 Å². The third kappa shape index (κ3) is 3.52. The van der Waals surface area contributed by atoms with Crippen LogP contribution < -0.4 is 5.32 Å². The van der Waals surface area contributed by atoms with Gasteiger partial charge in [0.05, 0.1) is 18.1 Å². The van der Waals surface area contributed by atoms with Crippen LogP contribution in [-0.2, 0) is 24.3 Å². The maximum Gasteiger partial charge on any atom is 0.233 e. The molecule has 1 unspecified atom stereocenters. The summed E-state index contributed by atoms with van der Waals surface area (Å²) < 4.78 is 7.37. The van der Waals surface area contributed by atoms with Crippen LogP contribution in [-0.4, -0.2) is 25.9 Å². The minimum Gasteiger partial charge on any atom is -0.467 e. The van der Waals surface area contributed by atoms with Gasteiger partial charge in [-0.15, -0.1) is 10.2 Å². The number of fused-ring (bicyclic) bond motifs is 1. The van der Waals surface area contributed by atoms with E-state index in [-0.39, 0.29) is 11.2 Å². The van der Waals surface area contributed by atoms with Gasteiger partial charge in [-0.25, -0.2) is 0 Å². The van der Waals surface area contributed by atoms with Crippen LogP contribution in [0.4, 0.5) is 0 Å². The van der Waals surface area contributed by atoms with Gasteiger partial charge in [-0.05, 0) is 31.9 Å². The lowest BCUT2D eigenvalue weighted by Gasteiger charge is -2.12. The molecule has 22 heavy (non-hydrogen) atoms. The molecule has 1 aliphatic heterocycles. The zero-order valence-electron chi connectivity index (χ0n) is 12.6. The smallest absolute Gasteiger partial charge is 0.233 e. The molecule has 0 spiro atoms. The van der Waals surface area contributed by atoms with E-state index >= 15 is 0 Å². The first-order valence-corrected chi connectivity index (χ1v) is 8.51. The largest absolute Gasteiger partial charge is 0.467 e. The first kappa shape index (κ1) is 15.1. The second-order valence-electron chi connectivity index (χ2n) is 5.42. The Labute approximate surface area is 133 Å². The van der Waals surface area contributed by atoms with Crippen LogP contribution in [0.3, 0.4) is 0 Å². The molecule has 3 heterocycles. The minimum absolute atomic E-state index is 0.0210. The number of hydrogen-bond donors (Lipinski definition) is 1. The molecule has 6 nitrogen and oxygen atoms in total. The first-order valence-electron chi connectivity index (χ1n) is 7.63. The molecule has 1 aliphatic rings. The molecule has 2 aromatic heterocycles. The number of aryl methyl sites for hydroxylation is 1. The molecule has 3 rings (SSSR count). The molecule has 2 aromatic rings. The predicted octanol–water partition coefficient (Wildman–Crippen LogP) is 2.39. The van der Waals surface area contributed by atoms with Crippen LogP contribution in [0.5, 0.6) is 0 Å². The maximum atomic E-state index is 12.2. The summed E-state index contributed by atoms with van der Waals surface area (Å²) in [5.41, 5.74) is 0. The molecule has 0 fully saturated rings. The molecule has 0 saturated heterocycles. The summed E-state index contributed by atoms with van der Waals surface area (Å²) in [6.45, 7) is 3.25. The molecule has 0 aromatic carbocycles. The molecule has 1 N–H and O–H groups in total. The van der Waals surface area contributed by atoms with E-state index in [0.29, 0.717) is 6.54 Å². The average molecular weight is 320 g/mol. The number of hydrogen-bond acceptors (Lipinski definition) is 5. The van der Waals surface area contributed by atoms with Gasteiger partial charge in [-0.1, -0.05) is 18.2 Å². The van der Waals surface area contributed by atoms with E-state index in [1.165, 1.54) is 24.6 Å². The van der Waals surface area contributed by atoms with Crippen LogP contribution in [0.2, 0.25) is 0 Å². The normalized spacial score (nSPS) is 15.9. The number of nitrogens with one attached hydrogen (secondary N) is 1. The molecular weight excluding hydrogens is 300 g/mol. The Morgan fingerprint density at radius 1 is 1.45 bits per heavy atom. The van der Waals surface area contributed by atoms with E-state index in [2.05, 4.69) is 20.1 Å². The van der Waals surface area contributed by atoms with Gasteiger partial charge in [0.2, 0.25) is 5.91 Å². The zero-order chi connectivity index (χ0) is 15.4. The van der Waals surface area contributed by atoms with Crippen molar-refractivity contribution >= 4 is 17.7 Å². The van der Waals surface area contributed by atoms with Crippen molar-refractivity contribution in [2.45, 2.75) is 56.1 Å². The fraction of sp³-hybridized carbons (Fsp3) is 0.533. The highest BCUT2D eigenvalue weighted by atomic mass is 32.2. The lowest BCUT2D eigenvalue weighted by Crippen LogP contribution is -2.30. The summed E-state index contributed by atoms with van der Waals surface area (Å²) in [5, 5.41) is 12.0. The van der Waals surface area contributed by atoms with Crippen LogP contribution in [0, 0.1) is 0 Å². The molecular formula is C15H20N4O2S. The van der Waals surface area contributed by atoms with Crippen molar-refractivity contribution in [3.8, 4) is 0 Å². The lowest BCUT2D eigenvalue weighted by atomic mass is 10.2. The van der Waals surface area contributed by atoms with Gasteiger partial charge in [0.25, 0.3) is 0 Å². The monoisotopic (exact) mass is 320 g/mol. The Morgan fingerprint density at radius 3 is 3.18 bits per heavy atom. The molecule has 118 valence electrons. The van der Waals surface area contributed by atoms with Crippen LogP contribution in [0.15, 0.2) is 28.0 Å². The number of thioether (sulfide) groups is 1. The lowest BCUT2D eigenvalue weighted by molar-refractivity contribution is -0.120. The van der Waals surface area contributed by atoms with Crippen molar-refractivity contribution in [1.82, 2.24) is 20.1 Å². The van der Waals surface area contributed by atoms with E-state index in [1.54, 1.807) is 6.26 Å². The first-order chi connectivity index (χ1) is 10.7. The quantitative estimate of drug-likeness (QED) is 0.856. The summed E-state index contributed by atoms with van der Waals surface area (Å²) in [5.74, 6) is 1.78. The summed E-state index contributed by atoms with van der Waals surface area (Å²) in [6.07, 6.45) is 6.13. The molecule has 0 bridgehead atoms. The second-order valence-corrected chi connectivity index (χ2v) is 6.73. The number of amides is 1. The summed E-state index contributed by atoms with van der Waals surface area (Å²) >= 11 is 1.47. The molecule has 0 saturated carbocycles. The molecule has 7 heteroatoms. The highest BCUT2D eigenvalue weighted by Crippen LogP contribution is 2.25. The number of carbonyl (C=O) groups is 1. The standard InChI is InChI=1S/C15H20N4O2S/c1-11(14(20)16-10-12-6-5-9-21-12)22-15-18-17-13-7-3-2-4-8-19(13)15/h5-6,9,11H,2-4,7-8,10H2,1H3,(H,16,20). The van der Waals surface area contributed by atoms with E-state index in [0.717, 1.165) is 36.1 Å². The van der Waals surface area contributed by atoms with Crippen LogP contribution in [0.1, 0.15) is 37.8 Å². The summed E-state index contributed by atoms with van der Waals surface area (Å²) in [6, 6.07) is 3.65. The Bertz CT molecular complexity index is 624. The van der Waals surface area contributed by atoms with Gasteiger partial charge in [-0.3, -0.25) is 4.79 Å². The second kappa shape index (κ2) is 7.00. The molecule has 1 atom stereocenters. The van der Waals surface area contributed by atoms with E-state index < -0.39 is 0 Å². The van der Waals surface area contributed by atoms with Crippen molar-refractivity contribution in [3.05, 3.63) is 30.0 Å².